The number of hydrogen-bond acceptors (Lipinski definition) is 18. The quantitative estimate of drug-likeness (QED) is 0.0544. The molecule has 230 valence electrons. The zero-order valence-corrected chi connectivity index (χ0v) is 32.0. The monoisotopic (exact) mass is 788 g/mol. The van der Waals surface area contributed by atoms with Gasteiger partial charge in [-0.15, -0.1) is 47.0 Å². The fourth-order valence-electron chi connectivity index (χ4n) is 1.85. The van der Waals surface area contributed by atoms with E-state index in [1.54, 1.807) is 82.3 Å². The van der Waals surface area contributed by atoms with Crippen molar-refractivity contribution in [1.82, 2.24) is 0 Å². The summed E-state index contributed by atoms with van der Waals surface area (Å²) in [5, 5.41) is 22.1. The molecule has 0 spiro atoms. The van der Waals surface area contributed by atoms with Crippen molar-refractivity contribution in [3.05, 3.63) is 0 Å². The molecular weight excluding hydrogens is 753 g/mol. The van der Waals surface area contributed by atoms with Crippen LogP contribution in [0, 0.1) is 0 Å². The van der Waals surface area contributed by atoms with E-state index in [1.165, 1.54) is 58.8 Å². The van der Waals surface area contributed by atoms with Gasteiger partial charge in [0.1, 0.15) is 5.75 Å². The minimum absolute atomic E-state index is 0.111. The predicted molar refractivity (Wildman–Crippen MR) is 201 cm³/mol. The van der Waals surface area contributed by atoms with Crippen LogP contribution in [-0.4, -0.2) is 124 Å². The number of rotatable bonds is 29. The molecule has 0 fully saturated rings. The first kappa shape index (κ1) is 42.4. The summed E-state index contributed by atoms with van der Waals surface area (Å²) in [6.45, 7) is 0. The Bertz CT molecular complexity index is 608. The molecule has 0 aliphatic rings. The molecule has 1 unspecified atom stereocenters. The van der Waals surface area contributed by atoms with Gasteiger partial charge in [0.2, 0.25) is 0 Å². The average molecular weight is 789 g/mol. The predicted octanol–water partition coefficient (Wildman–Crippen LogP) is 5.76. The Labute approximate surface area is 287 Å². The van der Waals surface area contributed by atoms with Gasteiger partial charge in [0.25, 0.3) is 0 Å². The lowest BCUT2D eigenvalue weighted by atomic mass is 10.9. The highest BCUT2D eigenvalue weighted by atomic mass is 32.3. The second kappa shape index (κ2) is 34.3. The van der Waals surface area contributed by atoms with Gasteiger partial charge < -0.3 is 14.8 Å². The van der Waals surface area contributed by atoms with Gasteiger partial charge in [-0.25, -0.2) is 0 Å². The molecule has 0 aromatic carbocycles. The SMILES string of the molecule is O=C(CSCCSCC[S+]([O-])CSCSC(=O)CSCCSCC(=O)SCSCSCO)SCSCSCO. The molecule has 1 atom stereocenters. The van der Waals surface area contributed by atoms with Gasteiger partial charge in [-0.05, 0) is 11.2 Å². The molecule has 0 radical (unpaired) electrons. The standard InChI is InChI=1S/C20H36O6S13/c21-10-31-12-33-14-36-18(23)7-28-2-1-27-5-6-39(26)17-35-16-38-20(25)9-30-4-3-29-8-19(24)37-15-34-13-32-11-22/h21-22H,1-17H2. The second-order valence-electron chi connectivity index (χ2n) is 6.45. The summed E-state index contributed by atoms with van der Waals surface area (Å²) < 4.78 is 12.1. The molecule has 0 amide bonds. The number of carbonyl (C=O) groups is 3. The van der Waals surface area contributed by atoms with Gasteiger partial charge in [0.05, 0.1) is 34.2 Å². The van der Waals surface area contributed by atoms with E-state index in [-0.39, 0.29) is 27.2 Å². The van der Waals surface area contributed by atoms with Crippen molar-refractivity contribution < 1.29 is 29.1 Å². The van der Waals surface area contributed by atoms with Crippen LogP contribution >= 0.6 is 141 Å². The number of carbonyl (C=O) groups excluding carboxylic acids is 3. The Morgan fingerprint density at radius 3 is 1.36 bits per heavy atom. The van der Waals surface area contributed by atoms with E-state index in [9.17, 15) is 18.9 Å². The highest BCUT2D eigenvalue weighted by molar-refractivity contribution is 8.29. The Hall–Kier alpha value is 3.44. The van der Waals surface area contributed by atoms with Crippen LogP contribution in [0.15, 0.2) is 0 Å². The van der Waals surface area contributed by atoms with Crippen molar-refractivity contribution in [3.63, 3.8) is 0 Å². The first-order valence-electron chi connectivity index (χ1n) is 11.2. The van der Waals surface area contributed by atoms with E-state index < -0.39 is 11.2 Å². The highest BCUT2D eigenvalue weighted by Gasteiger charge is 2.09. The molecular formula is C20H36O6S13. The van der Waals surface area contributed by atoms with Crippen LogP contribution < -0.4 is 0 Å². The van der Waals surface area contributed by atoms with Crippen molar-refractivity contribution in [2.75, 3.05) is 94.2 Å². The highest BCUT2D eigenvalue weighted by Crippen LogP contribution is 2.22. The lowest BCUT2D eigenvalue weighted by molar-refractivity contribution is -0.109. The molecule has 0 saturated heterocycles. The molecule has 19 heteroatoms. The molecule has 6 nitrogen and oxygen atoms in total. The lowest BCUT2D eigenvalue weighted by Crippen LogP contribution is -2.11. The van der Waals surface area contributed by atoms with Crippen molar-refractivity contribution >= 4 is 168 Å². The number of aliphatic hydroxyl groups excluding tert-OH is 2. The average Bonchev–Trinajstić information content (AvgIpc) is 2.92. The Morgan fingerprint density at radius 1 is 0.513 bits per heavy atom. The molecule has 0 bridgehead atoms. The molecule has 39 heavy (non-hydrogen) atoms. The molecule has 0 aromatic heterocycles. The van der Waals surface area contributed by atoms with Crippen molar-refractivity contribution in [2.45, 2.75) is 0 Å². The summed E-state index contributed by atoms with van der Waals surface area (Å²) in [5.41, 5.74) is 0. The number of aliphatic hydroxyl groups is 2. The fraction of sp³-hybridized carbons (Fsp3) is 0.850. The van der Waals surface area contributed by atoms with E-state index in [0.717, 1.165) is 44.0 Å². The summed E-state index contributed by atoms with van der Waals surface area (Å²) in [7, 11) is 0. The largest absolute Gasteiger partial charge is 0.616 e. The maximum Gasteiger partial charge on any atom is 0.199 e. The summed E-state index contributed by atoms with van der Waals surface area (Å²) in [4.78, 5) is 35.5. The van der Waals surface area contributed by atoms with Crippen LogP contribution in [0.3, 0.4) is 0 Å². The molecule has 2 N–H and O–H groups in total. The maximum atomic E-state index is 12.1. The van der Waals surface area contributed by atoms with Crippen molar-refractivity contribution in [3.8, 4) is 0 Å². The van der Waals surface area contributed by atoms with Crippen LogP contribution in [-0.2, 0) is 25.6 Å². The van der Waals surface area contributed by atoms with Crippen molar-refractivity contribution in [2.24, 2.45) is 0 Å². The first-order valence-corrected chi connectivity index (χ1v) is 26.1. The normalized spacial score (nSPS) is 12.1. The summed E-state index contributed by atoms with van der Waals surface area (Å²) in [6, 6.07) is 0. The molecule has 0 aromatic rings. The smallest absolute Gasteiger partial charge is 0.199 e. The molecule has 0 aliphatic carbocycles. The Balaban J connectivity index is 3.42. The van der Waals surface area contributed by atoms with Crippen LogP contribution in [0.1, 0.15) is 0 Å². The zero-order chi connectivity index (χ0) is 28.8. The van der Waals surface area contributed by atoms with Gasteiger partial charge in [0, 0.05) is 49.1 Å². The number of hydrogen-bond donors (Lipinski definition) is 2. The summed E-state index contributed by atoms with van der Waals surface area (Å²) in [6.07, 6.45) is 0. The maximum absolute atomic E-state index is 12.1. The third-order valence-electron chi connectivity index (χ3n) is 3.50. The molecule has 0 rings (SSSR count). The van der Waals surface area contributed by atoms with E-state index in [4.69, 9.17) is 10.2 Å². The van der Waals surface area contributed by atoms with Crippen molar-refractivity contribution in [1.29, 1.82) is 0 Å². The summed E-state index contributed by atoms with van der Waals surface area (Å²) in [5.74, 6) is 6.70. The lowest BCUT2D eigenvalue weighted by Gasteiger charge is -2.10. The van der Waals surface area contributed by atoms with Crippen LogP contribution in [0.2, 0.25) is 0 Å². The van der Waals surface area contributed by atoms with Crippen LogP contribution in [0.25, 0.3) is 0 Å². The third-order valence-corrected chi connectivity index (χ3v) is 18.9. The van der Waals surface area contributed by atoms with Gasteiger partial charge in [-0.1, -0.05) is 47.0 Å². The van der Waals surface area contributed by atoms with Crippen LogP contribution in [0.5, 0.6) is 0 Å². The first-order chi connectivity index (χ1) is 19.0. The minimum atomic E-state index is -0.889. The molecule has 0 aliphatic heterocycles. The van der Waals surface area contributed by atoms with E-state index in [1.807, 2.05) is 0 Å². The van der Waals surface area contributed by atoms with E-state index in [2.05, 4.69) is 0 Å². The van der Waals surface area contributed by atoms with Gasteiger partial charge >= 0.3 is 0 Å². The Kier molecular flexibility index (Phi) is 37.3. The van der Waals surface area contributed by atoms with E-state index in [0.29, 0.717) is 38.3 Å². The fourth-order valence-corrected chi connectivity index (χ4v) is 15.8. The Morgan fingerprint density at radius 2 is 0.923 bits per heavy atom. The summed E-state index contributed by atoms with van der Waals surface area (Å²) >= 11 is 17.3. The molecule has 0 heterocycles. The van der Waals surface area contributed by atoms with E-state index >= 15 is 0 Å². The zero-order valence-electron chi connectivity index (χ0n) is 21.4. The van der Waals surface area contributed by atoms with Gasteiger partial charge in [-0.3, -0.25) is 14.4 Å². The minimum Gasteiger partial charge on any atom is -0.616 e. The van der Waals surface area contributed by atoms with Gasteiger partial charge in [-0.2, -0.15) is 47.0 Å². The van der Waals surface area contributed by atoms with Crippen LogP contribution in [0.4, 0.5) is 0 Å². The number of thioether (sulfide) groups is 12. The molecule has 0 saturated carbocycles. The topological polar surface area (TPSA) is 115 Å². The van der Waals surface area contributed by atoms with Gasteiger partial charge in [0.15, 0.2) is 20.4 Å². The third kappa shape index (κ3) is 34.2. The second-order valence-corrected chi connectivity index (χ2v) is 22.7.